The van der Waals surface area contributed by atoms with Gasteiger partial charge in [-0.15, -0.1) is 0 Å². The molecule has 8 heteroatoms. The number of nitrogens with one attached hydrogen (secondary N) is 1. The van der Waals surface area contributed by atoms with Gasteiger partial charge in [0.15, 0.2) is 5.60 Å². The molecule has 2 aromatic rings. The zero-order valence-electron chi connectivity index (χ0n) is 19.3. The fraction of sp³-hybridized carbons (Fsp3) is 0.480. The quantitative estimate of drug-likeness (QED) is 0.712. The third kappa shape index (κ3) is 4.80. The third-order valence-electron chi connectivity index (χ3n) is 6.57. The van der Waals surface area contributed by atoms with Gasteiger partial charge in [-0.25, -0.2) is 0 Å². The van der Waals surface area contributed by atoms with Gasteiger partial charge in [0.25, 0.3) is 17.4 Å². The van der Waals surface area contributed by atoms with Gasteiger partial charge in [0, 0.05) is 19.3 Å². The van der Waals surface area contributed by atoms with E-state index in [1.807, 2.05) is 25.1 Å². The molecule has 2 amide bonds. The molecule has 1 N–H and O–H groups in total. The molecule has 1 atom stereocenters. The van der Waals surface area contributed by atoms with E-state index in [4.69, 9.17) is 9.47 Å². The van der Waals surface area contributed by atoms with E-state index in [0.29, 0.717) is 26.1 Å². The summed E-state index contributed by atoms with van der Waals surface area (Å²) in [4.78, 5) is 40.7. The van der Waals surface area contributed by atoms with Crippen molar-refractivity contribution in [1.29, 1.82) is 0 Å². The SMILES string of the molecule is Cc1ccc(C(=O)N2CCOC3(CCCCc4ccccc4OCCNC3=O)C2)c(=O)n1C. The first kappa shape index (κ1) is 23.0. The number of carbonyl (C=O) groups is 2. The van der Waals surface area contributed by atoms with E-state index < -0.39 is 5.60 Å². The molecule has 33 heavy (non-hydrogen) atoms. The van der Waals surface area contributed by atoms with Crippen LogP contribution in [0, 0.1) is 6.92 Å². The van der Waals surface area contributed by atoms with Crippen LogP contribution >= 0.6 is 0 Å². The van der Waals surface area contributed by atoms with Crippen LogP contribution < -0.4 is 15.6 Å². The lowest BCUT2D eigenvalue weighted by Gasteiger charge is -2.41. The van der Waals surface area contributed by atoms with Crippen LogP contribution in [0.1, 0.15) is 40.9 Å². The van der Waals surface area contributed by atoms with E-state index in [1.165, 1.54) is 4.57 Å². The molecule has 0 bridgehead atoms. The van der Waals surface area contributed by atoms with E-state index in [-0.39, 0.29) is 36.1 Å². The van der Waals surface area contributed by atoms with Crippen LogP contribution in [0.3, 0.4) is 0 Å². The minimum absolute atomic E-state index is 0.110. The number of aryl methyl sites for hydroxylation is 2. The molecule has 3 heterocycles. The van der Waals surface area contributed by atoms with Gasteiger partial charge in [-0.2, -0.15) is 0 Å². The number of para-hydroxylation sites is 1. The van der Waals surface area contributed by atoms with Crippen molar-refractivity contribution >= 4 is 11.8 Å². The Morgan fingerprint density at radius 1 is 1.09 bits per heavy atom. The molecule has 1 aromatic carbocycles. The number of morpholine rings is 1. The third-order valence-corrected chi connectivity index (χ3v) is 6.57. The standard InChI is InChI=1S/C25H31N3O5/c1-18-10-11-20(22(29)27(18)2)23(30)28-14-16-33-25(17-28)12-6-5-8-19-7-3-4-9-21(19)32-15-13-26-24(25)31/h3-4,7,9-11H,5-6,8,12-17H2,1-2H3,(H,26,31). The van der Waals surface area contributed by atoms with Crippen LogP contribution in [0.15, 0.2) is 41.2 Å². The van der Waals surface area contributed by atoms with Crippen LogP contribution in [-0.4, -0.2) is 59.7 Å². The van der Waals surface area contributed by atoms with Crippen LogP contribution in [-0.2, 0) is 23.0 Å². The first-order chi connectivity index (χ1) is 15.9. The van der Waals surface area contributed by atoms with E-state index in [0.717, 1.165) is 36.3 Å². The normalized spacial score (nSPS) is 21.9. The van der Waals surface area contributed by atoms with E-state index in [9.17, 15) is 14.4 Å². The van der Waals surface area contributed by atoms with Crippen molar-refractivity contribution in [3.8, 4) is 5.75 Å². The topological polar surface area (TPSA) is 89.9 Å². The van der Waals surface area contributed by atoms with Crippen molar-refractivity contribution in [3.63, 3.8) is 0 Å². The number of hydrogen-bond acceptors (Lipinski definition) is 5. The van der Waals surface area contributed by atoms with Crippen molar-refractivity contribution in [1.82, 2.24) is 14.8 Å². The first-order valence-electron chi connectivity index (χ1n) is 11.5. The van der Waals surface area contributed by atoms with Gasteiger partial charge in [-0.3, -0.25) is 14.4 Å². The number of amides is 2. The maximum Gasteiger partial charge on any atom is 0.263 e. The molecule has 0 aliphatic carbocycles. The Morgan fingerprint density at radius 2 is 1.91 bits per heavy atom. The summed E-state index contributed by atoms with van der Waals surface area (Å²) in [6.07, 6.45) is 2.97. The molecule has 1 aromatic heterocycles. The maximum atomic E-state index is 13.2. The Hall–Kier alpha value is -3.13. The predicted octanol–water partition coefficient (Wildman–Crippen LogP) is 1.83. The molecule has 0 saturated carbocycles. The summed E-state index contributed by atoms with van der Waals surface area (Å²) in [6.45, 7) is 3.19. The number of benzene rings is 1. The highest BCUT2D eigenvalue weighted by Gasteiger charge is 2.44. The van der Waals surface area contributed by atoms with Crippen LogP contribution in [0.25, 0.3) is 0 Å². The molecule has 176 valence electrons. The van der Waals surface area contributed by atoms with Gasteiger partial charge >= 0.3 is 0 Å². The van der Waals surface area contributed by atoms with Crippen LogP contribution in [0.2, 0.25) is 0 Å². The largest absolute Gasteiger partial charge is 0.491 e. The van der Waals surface area contributed by atoms with Crippen molar-refractivity contribution in [2.24, 2.45) is 7.05 Å². The summed E-state index contributed by atoms with van der Waals surface area (Å²) >= 11 is 0. The number of hydrogen-bond donors (Lipinski definition) is 1. The van der Waals surface area contributed by atoms with Gasteiger partial charge in [-0.05, 0) is 56.4 Å². The molecule has 1 saturated heterocycles. The fourth-order valence-corrected chi connectivity index (χ4v) is 4.48. The summed E-state index contributed by atoms with van der Waals surface area (Å²) in [5, 5.41) is 2.93. The highest BCUT2D eigenvalue weighted by molar-refractivity contribution is 5.95. The van der Waals surface area contributed by atoms with Crippen molar-refractivity contribution in [2.75, 3.05) is 32.8 Å². The molecule has 4 rings (SSSR count). The molecule has 1 spiro atoms. The second kappa shape index (κ2) is 9.79. The first-order valence-corrected chi connectivity index (χ1v) is 11.5. The molecule has 0 radical (unpaired) electrons. The molecule has 1 fully saturated rings. The Morgan fingerprint density at radius 3 is 2.76 bits per heavy atom. The highest BCUT2D eigenvalue weighted by atomic mass is 16.5. The Kier molecular flexibility index (Phi) is 6.83. The smallest absolute Gasteiger partial charge is 0.263 e. The maximum absolute atomic E-state index is 13.2. The lowest BCUT2D eigenvalue weighted by molar-refractivity contribution is -0.159. The monoisotopic (exact) mass is 453 g/mol. The van der Waals surface area contributed by atoms with Crippen molar-refractivity contribution < 1.29 is 19.1 Å². The molecule has 2 aliphatic heterocycles. The number of pyridine rings is 1. The summed E-state index contributed by atoms with van der Waals surface area (Å²) in [7, 11) is 1.65. The average Bonchev–Trinajstić information content (AvgIpc) is 2.83. The molecule has 2 aliphatic rings. The molecule has 1 unspecified atom stereocenters. The number of nitrogens with zero attached hydrogens (tertiary/aromatic N) is 2. The van der Waals surface area contributed by atoms with Crippen LogP contribution in [0.5, 0.6) is 5.75 Å². The number of rotatable bonds is 1. The molecule has 8 nitrogen and oxygen atoms in total. The van der Waals surface area contributed by atoms with Gasteiger partial charge in [0.1, 0.15) is 17.9 Å². The van der Waals surface area contributed by atoms with E-state index >= 15 is 0 Å². The Balaban J connectivity index is 1.53. The second-order valence-corrected chi connectivity index (χ2v) is 8.74. The number of aromatic nitrogens is 1. The number of fused-ring (bicyclic) bond motifs is 1. The summed E-state index contributed by atoms with van der Waals surface area (Å²) in [5.74, 6) is 0.246. The average molecular weight is 454 g/mol. The lowest BCUT2D eigenvalue weighted by atomic mass is 9.91. The van der Waals surface area contributed by atoms with E-state index in [2.05, 4.69) is 11.4 Å². The zero-order chi connectivity index (χ0) is 23.4. The minimum Gasteiger partial charge on any atom is -0.491 e. The summed E-state index contributed by atoms with van der Waals surface area (Å²) in [6, 6.07) is 11.3. The second-order valence-electron chi connectivity index (χ2n) is 8.74. The number of ether oxygens (including phenoxy) is 2. The Labute approximate surface area is 193 Å². The van der Waals surface area contributed by atoms with Gasteiger partial charge in [0.2, 0.25) is 0 Å². The molecular formula is C25H31N3O5. The minimum atomic E-state index is -1.14. The highest BCUT2D eigenvalue weighted by Crippen LogP contribution is 2.28. The Bertz CT molecular complexity index is 1100. The van der Waals surface area contributed by atoms with Crippen molar-refractivity contribution in [3.05, 3.63) is 63.6 Å². The number of carbonyl (C=O) groups excluding carboxylic acids is 2. The van der Waals surface area contributed by atoms with E-state index in [1.54, 1.807) is 24.1 Å². The van der Waals surface area contributed by atoms with Gasteiger partial charge < -0.3 is 24.3 Å². The van der Waals surface area contributed by atoms with Crippen LogP contribution in [0.4, 0.5) is 0 Å². The molecular weight excluding hydrogens is 422 g/mol. The lowest BCUT2D eigenvalue weighted by Crippen LogP contribution is -2.61. The van der Waals surface area contributed by atoms with Crippen molar-refractivity contribution in [2.45, 2.75) is 38.2 Å². The predicted molar refractivity (Wildman–Crippen MR) is 124 cm³/mol. The van der Waals surface area contributed by atoms with Gasteiger partial charge in [0.05, 0.1) is 19.7 Å². The fourth-order valence-electron chi connectivity index (χ4n) is 4.48. The zero-order valence-corrected chi connectivity index (χ0v) is 19.3. The summed E-state index contributed by atoms with van der Waals surface area (Å²) in [5.41, 5.74) is 0.563. The van der Waals surface area contributed by atoms with Gasteiger partial charge in [-0.1, -0.05) is 18.2 Å². The summed E-state index contributed by atoms with van der Waals surface area (Å²) < 4.78 is 13.4.